The highest BCUT2D eigenvalue weighted by atomic mass is 16.5. The molecule has 0 N–H and O–H groups in total. The third-order valence-corrected chi connectivity index (χ3v) is 5.26. The minimum absolute atomic E-state index is 0.311. The standard InChI is InChI=1S/C22H26N2O2.C2H6/c1-3-26-22(25)21-20(19(14-23)15-24(21)2)18-11-9-17(10-12-18)13-16-7-5-4-6-8-16;1-2/h9-12,15-16H,3-8,13H2,1-2H3;1-2H3. The molecule has 1 aliphatic rings. The molecule has 150 valence electrons. The molecule has 1 aromatic heterocycles. The van der Waals surface area contributed by atoms with E-state index in [9.17, 15) is 10.1 Å². The van der Waals surface area contributed by atoms with E-state index in [2.05, 4.69) is 18.2 Å². The normalized spacial score (nSPS) is 14.0. The number of nitrogens with zero attached hydrogens (tertiary/aromatic N) is 2. The predicted molar refractivity (Wildman–Crippen MR) is 113 cm³/mol. The number of ether oxygens (including phenoxy) is 1. The molecule has 1 aliphatic carbocycles. The van der Waals surface area contributed by atoms with Crippen LogP contribution in [0.1, 0.15) is 74.5 Å². The van der Waals surface area contributed by atoms with Crippen molar-refractivity contribution in [2.75, 3.05) is 6.61 Å². The van der Waals surface area contributed by atoms with Crippen molar-refractivity contribution in [3.8, 4) is 17.2 Å². The average Bonchev–Trinajstić information content (AvgIpc) is 3.07. The molecule has 0 unspecified atom stereocenters. The fourth-order valence-electron chi connectivity index (χ4n) is 3.98. The summed E-state index contributed by atoms with van der Waals surface area (Å²) < 4.78 is 6.87. The summed E-state index contributed by atoms with van der Waals surface area (Å²) in [6.07, 6.45) is 9.53. The van der Waals surface area contributed by atoms with Crippen LogP contribution in [0.25, 0.3) is 11.1 Å². The molecule has 0 saturated heterocycles. The van der Waals surface area contributed by atoms with Gasteiger partial charge in [0.15, 0.2) is 0 Å². The van der Waals surface area contributed by atoms with E-state index >= 15 is 0 Å². The van der Waals surface area contributed by atoms with Crippen molar-refractivity contribution in [3.63, 3.8) is 0 Å². The Bertz CT molecular complexity index is 806. The monoisotopic (exact) mass is 380 g/mol. The molecule has 2 aromatic rings. The first-order valence-corrected chi connectivity index (χ1v) is 10.5. The van der Waals surface area contributed by atoms with E-state index < -0.39 is 5.97 Å². The first-order chi connectivity index (χ1) is 13.6. The highest BCUT2D eigenvalue weighted by molar-refractivity contribution is 5.97. The lowest BCUT2D eigenvalue weighted by Crippen LogP contribution is -2.11. The number of benzene rings is 1. The molecule has 1 saturated carbocycles. The number of carbonyl (C=O) groups is 1. The van der Waals surface area contributed by atoms with Crippen LogP contribution < -0.4 is 0 Å². The Kier molecular flexibility index (Phi) is 8.32. The van der Waals surface area contributed by atoms with Crippen molar-refractivity contribution >= 4 is 5.97 Å². The molecule has 0 bridgehead atoms. The van der Waals surface area contributed by atoms with Crippen LogP contribution in [-0.4, -0.2) is 17.1 Å². The summed E-state index contributed by atoms with van der Waals surface area (Å²) in [6.45, 7) is 6.09. The third-order valence-electron chi connectivity index (χ3n) is 5.26. The van der Waals surface area contributed by atoms with Gasteiger partial charge in [0.2, 0.25) is 0 Å². The summed E-state index contributed by atoms with van der Waals surface area (Å²) in [7, 11) is 1.77. The number of nitriles is 1. The van der Waals surface area contributed by atoms with E-state index in [1.165, 1.54) is 37.7 Å². The highest BCUT2D eigenvalue weighted by Crippen LogP contribution is 2.31. The van der Waals surface area contributed by atoms with Gasteiger partial charge in [-0.15, -0.1) is 0 Å². The molecule has 0 amide bonds. The highest BCUT2D eigenvalue weighted by Gasteiger charge is 2.23. The molecule has 1 heterocycles. The molecule has 4 heteroatoms. The Morgan fingerprint density at radius 3 is 2.39 bits per heavy atom. The summed E-state index contributed by atoms with van der Waals surface area (Å²) in [5, 5.41) is 9.48. The van der Waals surface area contributed by atoms with Crippen molar-refractivity contribution in [1.82, 2.24) is 4.57 Å². The van der Waals surface area contributed by atoms with Gasteiger partial charge in [-0.1, -0.05) is 70.2 Å². The van der Waals surface area contributed by atoms with E-state index in [0.717, 1.165) is 17.9 Å². The predicted octanol–water partition coefficient (Wildman–Crippen LogP) is 5.89. The Labute approximate surface area is 169 Å². The Morgan fingerprint density at radius 2 is 1.82 bits per heavy atom. The first kappa shape index (κ1) is 21.8. The quantitative estimate of drug-likeness (QED) is 0.608. The van der Waals surface area contributed by atoms with Crippen LogP contribution in [0.3, 0.4) is 0 Å². The van der Waals surface area contributed by atoms with E-state index in [0.29, 0.717) is 23.4 Å². The molecule has 0 radical (unpaired) electrons. The summed E-state index contributed by atoms with van der Waals surface area (Å²) >= 11 is 0. The van der Waals surface area contributed by atoms with Crippen LogP contribution in [0, 0.1) is 17.2 Å². The van der Waals surface area contributed by atoms with Gasteiger partial charge in [0.25, 0.3) is 0 Å². The van der Waals surface area contributed by atoms with Crippen molar-refractivity contribution in [2.45, 2.75) is 59.3 Å². The average molecular weight is 381 g/mol. The topological polar surface area (TPSA) is 55.0 Å². The van der Waals surface area contributed by atoms with Crippen LogP contribution in [-0.2, 0) is 18.2 Å². The van der Waals surface area contributed by atoms with Crippen LogP contribution in [0.2, 0.25) is 0 Å². The van der Waals surface area contributed by atoms with Gasteiger partial charge in [0.05, 0.1) is 12.2 Å². The molecule has 0 aliphatic heterocycles. The van der Waals surface area contributed by atoms with E-state index in [1.807, 2.05) is 26.0 Å². The van der Waals surface area contributed by atoms with Crippen LogP contribution in [0.5, 0.6) is 0 Å². The number of hydrogen-bond acceptors (Lipinski definition) is 3. The molecule has 1 fully saturated rings. The molecule has 3 rings (SSSR count). The maximum atomic E-state index is 12.4. The summed E-state index contributed by atoms with van der Waals surface area (Å²) in [5.74, 6) is 0.397. The second kappa shape index (κ2) is 10.7. The van der Waals surface area contributed by atoms with Gasteiger partial charge in [-0.2, -0.15) is 5.26 Å². The van der Waals surface area contributed by atoms with Crippen LogP contribution in [0.4, 0.5) is 0 Å². The SMILES string of the molecule is CC.CCOC(=O)c1c(-c2ccc(CC3CCCCC3)cc2)c(C#N)cn1C. The van der Waals surface area contributed by atoms with Gasteiger partial charge in [-0.3, -0.25) is 0 Å². The zero-order chi connectivity index (χ0) is 20.5. The zero-order valence-corrected chi connectivity index (χ0v) is 17.6. The number of aromatic nitrogens is 1. The largest absolute Gasteiger partial charge is 0.461 e. The third kappa shape index (κ3) is 5.04. The van der Waals surface area contributed by atoms with Crippen molar-refractivity contribution in [1.29, 1.82) is 5.26 Å². The minimum atomic E-state index is -0.391. The van der Waals surface area contributed by atoms with Gasteiger partial charge in [-0.25, -0.2) is 4.79 Å². The van der Waals surface area contributed by atoms with Crippen LogP contribution in [0.15, 0.2) is 30.5 Å². The molecule has 28 heavy (non-hydrogen) atoms. The molecular formula is C24H32N2O2. The Balaban J connectivity index is 0.00000136. The fourth-order valence-corrected chi connectivity index (χ4v) is 3.98. The summed E-state index contributed by atoms with van der Waals surface area (Å²) in [5.41, 5.74) is 3.81. The minimum Gasteiger partial charge on any atom is -0.461 e. The first-order valence-electron chi connectivity index (χ1n) is 10.5. The molecule has 0 spiro atoms. The molecule has 4 nitrogen and oxygen atoms in total. The van der Waals surface area contributed by atoms with Gasteiger partial charge in [0.1, 0.15) is 11.8 Å². The lowest BCUT2D eigenvalue weighted by molar-refractivity contribution is 0.0516. The Morgan fingerprint density at radius 1 is 1.18 bits per heavy atom. The van der Waals surface area contributed by atoms with Crippen molar-refractivity contribution < 1.29 is 9.53 Å². The molecule has 0 atom stereocenters. The second-order valence-electron chi connectivity index (χ2n) is 7.11. The van der Waals surface area contributed by atoms with E-state index in [4.69, 9.17) is 4.74 Å². The number of aryl methyl sites for hydroxylation is 1. The van der Waals surface area contributed by atoms with Gasteiger partial charge < -0.3 is 9.30 Å². The number of hydrogen-bond donors (Lipinski definition) is 0. The maximum Gasteiger partial charge on any atom is 0.355 e. The van der Waals surface area contributed by atoms with Crippen molar-refractivity contribution in [2.24, 2.45) is 13.0 Å². The number of esters is 1. The van der Waals surface area contributed by atoms with Gasteiger partial charge >= 0.3 is 5.97 Å². The zero-order valence-electron chi connectivity index (χ0n) is 17.6. The van der Waals surface area contributed by atoms with Gasteiger partial charge in [0, 0.05) is 18.8 Å². The van der Waals surface area contributed by atoms with Crippen molar-refractivity contribution in [3.05, 3.63) is 47.3 Å². The summed E-state index contributed by atoms with van der Waals surface area (Å²) in [6, 6.07) is 10.5. The van der Waals surface area contributed by atoms with E-state index in [-0.39, 0.29) is 0 Å². The molecular weight excluding hydrogens is 348 g/mol. The lowest BCUT2D eigenvalue weighted by Gasteiger charge is -2.21. The van der Waals surface area contributed by atoms with Crippen LogP contribution >= 0.6 is 0 Å². The van der Waals surface area contributed by atoms with Gasteiger partial charge in [-0.05, 0) is 30.4 Å². The smallest absolute Gasteiger partial charge is 0.355 e. The number of rotatable bonds is 5. The maximum absolute atomic E-state index is 12.4. The fraction of sp³-hybridized carbons (Fsp3) is 0.500. The molecule has 1 aromatic carbocycles. The second-order valence-corrected chi connectivity index (χ2v) is 7.11. The Hall–Kier alpha value is -2.54. The summed E-state index contributed by atoms with van der Waals surface area (Å²) in [4.78, 5) is 12.4. The number of carbonyl (C=O) groups excluding carboxylic acids is 1. The lowest BCUT2D eigenvalue weighted by atomic mass is 9.84. The van der Waals surface area contributed by atoms with E-state index in [1.54, 1.807) is 24.7 Å².